The minimum absolute atomic E-state index is 0.146. The number of nitrogens with two attached hydrogens (primary N) is 1. The van der Waals surface area contributed by atoms with Crippen molar-refractivity contribution in [3.05, 3.63) is 16.1 Å². The number of nitrogens with zero attached hydrogens (tertiary/aromatic N) is 2. The Morgan fingerprint density at radius 1 is 1.48 bits per heavy atom. The minimum Gasteiger partial charge on any atom is -0.469 e. The number of hydrogen-bond donors (Lipinski definition) is 1. The van der Waals surface area contributed by atoms with E-state index in [0.29, 0.717) is 37.7 Å². The van der Waals surface area contributed by atoms with E-state index in [2.05, 4.69) is 9.72 Å². The number of rotatable bonds is 8. The molecule has 0 aliphatic rings. The average Bonchev–Trinajstić information content (AvgIpc) is 2.90. The molecule has 0 saturated heterocycles. The van der Waals surface area contributed by atoms with Gasteiger partial charge >= 0.3 is 5.97 Å². The second-order valence-electron chi connectivity index (χ2n) is 5.14. The minimum atomic E-state index is -0.321. The number of thiazole rings is 1. The normalized spacial score (nSPS) is 10.7. The number of esters is 1. The van der Waals surface area contributed by atoms with Gasteiger partial charge in [-0.1, -0.05) is 13.8 Å². The molecule has 0 saturated carbocycles. The summed E-state index contributed by atoms with van der Waals surface area (Å²) < 4.78 is 4.62. The molecule has 1 heterocycles. The zero-order valence-corrected chi connectivity index (χ0v) is 13.6. The molecule has 0 spiro atoms. The van der Waals surface area contributed by atoms with Gasteiger partial charge in [0.25, 0.3) is 5.91 Å². The lowest BCUT2D eigenvalue weighted by atomic mass is 10.2. The third-order valence-corrected chi connectivity index (χ3v) is 3.72. The van der Waals surface area contributed by atoms with Gasteiger partial charge < -0.3 is 15.4 Å². The summed E-state index contributed by atoms with van der Waals surface area (Å²) in [6.07, 6.45) is 0.860. The van der Waals surface area contributed by atoms with Gasteiger partial charge in [-0.2, -0.15) is 0 Å². The fourth-order valence-corrected chi connectivity index (χ4v) is 2.64. The van der Waals surface area contributed by atoms with Crippen LogP contribution in [0.15, 0.2) is 5.38 Å². The Morgan fingerprint density at radius 2 is 2.19 bits per heavy atom. The SMILES string of the molecule is COC(=O)CCN(CC(C)C)C(=O)c1csc(CCN)n1. The lowest BCUT2D eigenvalue weighted by molar-refractivity contribution is -0.140. The second-order valence-corrected chi connectivity index (χ2v) is 6.08. The first kappa shape index (κ1) is 17.6. The number of methoxy groups -OCH3 is 1. The Balaban J connectivity index is 2.75. The van der Waals surface area contributed by atoms with E-state index < -0.39 is 0 Å². The number of aromatic nitrogens is 1. The van der Waals surface area contributed by atoms with Crippen LogP contribution in [0.4, 0.5) is 0 Å². The van der Waals surface area contributed by atoms with Crippen molar-refractivity contribution in [3.8, 4) is 0 Å². The van der Waals surface area contributed by atoms with Crippen LogP contribution in [0.3, 0.4) is 0 Å². The first-order valence-corrected chi connectivity index (χ1v) is 7.86. The molecule has 0 aliphatic heterocycles. The standard InChI is InChI=1S/C14H23N3O3S/c1-10(2)8-17(7-5-13(18)20-3)14(19)11-9-21-12(16-11)4-6-15/h9-10H,4-8,15H2,1-3H3. The van der Waals surface area contributed by atoms with Crippen molar-refractivity contribution in [2.75, 3.05) is 26.7 Å². The zero-order chi connectivity index (χ0) is 15.8. The fraction of sp³-hybridized carbons (Fsp3) is 0.643. The molecule has 21 heavy (non-hydrogen) atoms. The van der Waals surface area contributed by atoms with Crippen molar-refractivity contribution >= 4 is 23.2 Å². The summed E-state index contributed by atoms with van der Waals surface area (Å²) >= 11 is 1.44. The van der Waals surface area contributed by atoms with Gasteiger partial charge in [-0.3, -0.25) is 9.59 Å². The monoisotopic (exact) mass is 313 g/mol. The van der Waals surface area contributed by atoms with Crippen molar-refractivity contribution < 1.29 is 14.3 Å². The summed E-state index contributed by atoms with van der Waals surface area (Å²) in [5.41, 5.74) is 5.91. The van der Waals surface area contributed by atoms with Gasteiger partial charge in [0, 0.05) is 24.9 Å². The molecule has 1 amide bonds. The Labute approximate surface area is 129 Å². The van der Waals surface area contributed by atoms with Crippen molar-refractivity contribution in [2.45, 2.75) is 26.7 Å². The summed E-state index contributed by atoms with van der Waals surface area (Å²) in [4.78, 5) is 29.7. The number of hydrogen-bond acceptors (Lipinski definition) is 6. The number of carbonyl (C=O) groups is 2. The highest BCUT2D eigenvalue weighted by Crippen LogP contribution is 2.13. The van der Waals surface area contributed by atoms with Crippen LogP contribution in [-0.4, -0.2) is 48.5 Å². The van der Waals surface area contributed by atoms with E-state index >= 15 is 0 Å². The molecule has 0 radical (unpaired) electrons. The molecule has 1 aromatic heterocycles. The van der Waals surface area contributed by atoms with Gasteiger partial charge in [0.2, 0.25) is 0 Å². The molecule has 6 nitrogen and oxygen atoms in total. The molecule has 7 heteroatoms. The van der Waals surface area contributed by atoms with Crippen LogP contribution in [0.1, 0.15) is 35.8 Å². The molecule has 1 rings (SSSR count). The Bertz CT molecular complexity index is 474. The van der Waals surface area contributed by atoms with Gasteiger partial charge in [0.15, 0.2) is 0 Å². The van der Waals surface area contributed by atoms with E-state index in [1.807, 2.05) is 13.8 Å². The van der Waals surface area contributed by atoms with Crippen molar-refractivity contribution in [1.29, 1.82) is 0 Å². The molecule has 0 fully saturated rings. The highest BCUT2D eigenvalue weighted by atomic mass is 32.1. The van der Waals surface area contributed by atoms with Crippen LogP contribution in [0.25, 0.3) is 0 Å². The third kappa shape index (κ3) is 5.81. The lowest BCUT2D eigenvalue weighted by Crippen LogP contribution is -2.36. The topological polar surface area (TPSA) is 85.5 Å². The van der Waals surface area contributed by atoms with E-state index in [9.17, 15) is 9.59 Å². The predicted octanol–water partition coefficient (Wildman–Crippen LogP) is 1.31. The van der Waals surface area contributed by atoms with Crippen LogP contribution in [0.5, 0.6) is 0 Å². The highest BCUT2D eigenvalue weighted by Gasteiger charge is 2.20. The van der Waals surface area contributed by atoms with Crippen LogP contribution < -0.4 is 5.73 Å². The summed E-state index contributed by atoms with van der Waals surface area (Å²) in [6, 6.07) is 0. The maximum atomic E-state index is 12.5. The van der Waals surface area contributed by atoms with E-state index in [0.717, 1.165) is 5.01 Å². The molecule has 1 aromatic rings. The average molecular weight is 313 g/mol. The van der Waals surface area contributed by atoms with Gasteiger partial charge in [0.1, 0.15) is 5.69 Å². The van der Waals surface area contributed by atoms with E-state index in [1.54, 1.807) is 10.3 Å². The van der Waals surface area contributed by atoms with Gasteiger partial charge in [-0.05, 0) is 12.5 Å². The highest BCUT2D eigenvalue weighted by molar-refractivity contribution is 7.09. The molecule has 0 unspecified atom stereocenters. The molecule has 0 aromatic carbocycles. The summed E-state index contributed by atoms with van der Waals surface area (Å²) in [5, 5.41) is 2.61. The smallest absolute Gasteiger partial charge is 0.307 e. The largest absolute Gasteiger partial charge is 0.469 e. The van der Waals surface area contributed by atoms with E-state index in [4.69, 9.17) is 5.73 Å². The van der Waals surface area contributed by atoms with Crippen LogP contribution >= 0.6 is 11.3 Å². The second kappa shape index (κ2) is 8.74. The molecule has 0 aliphatic carbocycles. The fourth-order valence-electron chi connectivity index (χ4n) is 1.85. The zero-order valence-electron chi connectivity index (χ0n) is 12.8. The Hall–Kier alpha value is -1.47. The van der Waals surface area contributed by atoms with Crippen LogP contribution in [0, 0.1) is 5.92 Å². The van der Waals surface area contributed by atoms with Crippen molar-refractivity contribution in [2.24, 2.45) is 11.7 Å². The van der Waals surface area contributed by atoms with Crippen molar-refractivity contribution in [3.63, 3.8) is 0 Å². The van der Waals surface area contributed by atoms with E-state index in [-0.39, 0.29) is 18.3 Å². The lowest BCUT2D eigenvalue weighted by Gasteiger charge is -2.23. The number of carbonyl (C=O) groups excluding carboxylic acids is 2. The Kier molecular flexibility index (Phi) is 7.31. The van der Waals surface area contributed by atoms with Crippen LogP contribution in [0.2, 0.25) is 0 Å². The van der Waals surface area contributed by atoms with Gasteiger partial charge in [0.05, 0.1) is 18.5 Å². The molecular formula is C14H23N3O3S. The Morgan fingerprint density at radius 3 is 2.76 bits per heavy atom. The molecule has 118 valence electrons. The van der Waals surface area contributed by atoms with Crippen molar-refractivity contribution in [1.82, 2.24) is 9.88 Å². The molecular weight excluding hydrogens is 290 g/mol. The molecule has 0 atom stereocenters. The maximum Gasteiger partial charge on any atom is 0.307 e. The third-order valence-electron chi connectivity index (χ3n) is 2.82. The van der Waals surface area contributed by atoms with Gasteiger partial charge in [-0.25, -0.2) is 4.98 Å². The first-order valence-electron chi connectivity index (χ1n) is 6.98. The van der Waals surface area contributed by atoms with Crippen LogP contribution in [-0.2, 0) is 16.0 Å². The van der Waals surface area contributed by atoms with Gasteiger partial charge in [-0.15, -0.1) is 11.3 Å². The summed E-state index contributed by atoms with van der Waals surface area (Å²) in [7, 11) is 1.34. The predicted molar refractivity (Wildman–Crippen MR) is 82.2 cm³/mol. The summed E-state index contributed by atoms with van der Waals surface area (Å²) in [6.45, 7) is 5.49. The summed E-state index contributed by atoms with van der Waals surface area (Å²) in [5.74, 6) is -0.153. The van der Waals surface area contributed by atoms with E-state index in [1.165, 1.54) is 18.4 Å². The quantitative estimate of drug-likeness (QED) is 0.731. The first-order chi connectivity index (χ1) is 9.97. The maximum absolute atomic E-state index is 12.5. The molecule has 0 bridgehead atoms. The number of amides is 1. The molecule has 2 N–H and O–H groups in total. The number of ether oxygens (including phenoxy) is 1.